The second-order valence-corrected chi connectivity index (χ2v) is 6.39. The second-order valence-electron chi connectivity index (χ2n) is 3.66. The highest BCUT2D eigenvalue weighted by Gasteiger charge is 2.00. The molecule has 0 saturated carbocycles. The van der Waals surface area contributed by atoms with Crippen molar-refractivity contribution in [2.45, 2.75) is 24.6 Å². The highest BCUT2D eigenvalue weighted by molar-refractivity contribution is 9.09. The third kappa shape index (κ3) is 4.11. The van der Waals surface area contributed by atoms with E-state index >= 15 is 0 Å². The molecule has 1 atom stereocenters. The highest BCUT2D eigenvalue weighted by atomic mass is 79.9. The van der Waals surface area contributed by atoms with E-state index in [0.29, 0.717) is 4.83 Å². The van der Waals surface area contributed by atoms with Gasteiger partial charge in [-0.2, -0.15) is 0 Å². The van der Waals surface area contributed by atoms with E-state index in [9.17, 15) is 0 Å². The molecular weight excluding hydrogens is 280 g/mol. The molecule has 1 aromatic heterocycles. The number of aryl methyl sites for hydroxylation is 1. The molecule has 0 aliphatic rings. The van der Waals surface area contributed by atoms with Crippen LogP contribution in [0.15, 0.2) is 31.4 Å². The number of hydrogen-bond donors (Lipinski definition) is 0. The van der Waals surface area contributed by atoms with Crippen LogP contribution < -0.4 is 9.75 Å². The van der Waals surface area contributed by atoms with Crippen LogP contribution in [0.4, 0.5) is 0 Å². The van der Waals surface area contributed by atoms with Crippen LogP contribution in [0.1, 0.15) is 18.2 Å². The zero-order valence-electron chi connectivity index (χ0n) is 9.58. The largest absolute Gasteiger partial charge is 0.140 e. The predicted molar refractivity (Wildman–Crippen MR) is 79.6 cm³/mol. The molecule has 0 bridgehead atoms. The van der Waals surface area contributed by atoms with Gasteiger partial charge in [0.25, 0.3) is 0 Å². The van der Waals surface area contributed by atoms with Gasteiger partial charge in [0, 0.05) is 14.2 Å². The number of allylic oxidation sites excluding steroid dienone is 2. The molecule has 0 aliphatic carbocycles. The van der Waals surface area contributed by atoms with E-state index in [1.807, 2.05) is 29.6 Å². The van der Waals surface area contributed by atoms with Crippen molar-refractivity contribution in [3.8, 4) is 0 Å². The van der Waals surface area contributed by atoms with Crippen molar-refractivity contribution in [2.24, 2.45) is 0 Å². The van der Waals surface area contributed by atoms with E-state index < -0.39 is 0 Å². The lowest BCUT2D eigenvalue weighted by Crippen LogP contribution is -2.16. The molecule has 0 nitrogen and oxygen atoms in total. The first-order valence-electron chi connectivity index (χ1n) is 5.35. The van der Waals surface area contributed by atoms with E-state index in [1.165, 1.54) is 21.0 Å². The first kappa shape index (κ1) is 13.5. The molecule has 1 unspecified atom stereocenters. The molecule has 1 rings (SSSR count). The summed E-state index contributed by atoms with van der Waals surface area (Å²) in [5, 5.41) is 1.25. The third-order valence-electron chi connectivity index (χ3n) is 2.20. The van der Waals surface area contributed by atoms with Crippen LogP contribution in [0.2, 0.25) is 0 Å². The van der Waals surface area contributed by atoms with E-state index in [4.69, 9.17) is 0 Å². The summed E-state index contributed by atoms with van der Waals surface area (Å²) in [7, 11) is 0. The molecule has 2 heteroatoms. The summed E-state index contributed by atoms with van der Waals surface area (Å²) < 4.78 is 1.27. The Morgan fingerprint density at radius 1 is 1.38 bits per heavy atom. The molecular formula is C14H17BrS. The smallest absolute Gasteiger partial charge is 0.0345 e. The summed E-state index contributed by atoms with van der Waals surface area (Å²) in [6, 6.07) is 2.25. The monoisotopic (exact) mass is 296 g/mol. The van der Waals surface area contributed by atoms with Gasteiger partial charge < -0.3 is 0 Å². The van der Waals surface area contributed by atoms with Gasteiger partial charge in [0.2, 0.25) is 0 Å². The molecule has 86 valence electrons. The van der Waals surface area contributed by atoms with Crippen LogP contribution in [0.5, 0.6) is 0 Å². The minimum absolute atomic E-state index is 0.577. The Morgan fingerprint density at radius 3 is 2.62 bits per heavy atom. The maximum atomic E-state index is 3.74. The molecule has 0 amide bonds. The van der Waals surface area contributed by atoms with Crippen LogP contribution in [-0.4, -0.2) is 4.83 Å². The zero-order chi connectivity index (χ0) is 12.0. The Bertz CT molecular complexity index is 428. The Morgan fingerprint density at radius 2 is 2.06 bits per heavy atom. The van der Waals surface area contributed by atoms with Gasteiger partial charge in [-0.1, -0.05) is 54.2 Å². The standard InChI is InChI=1S/C14H17BrS/c1-4-6-12-10-13(9-8-11(3)15)16-14(12)7-5-2/h4-7,10-11H,1-2,8-9H2,3H3/b12-6-,14-7+. The number of rotatable bonds is 5. The number of hydrogen-bond acceptors (Lipinski definition) is 1. The van der Waals surface area contributed by atoms with E-state index in [0.717, 1.165) is 6.42 Å². The van der Waals surface area contributed by atoms with Crippen LogP contribution in [-0.2, 0) is 6.42 Å². The number of alkyl halides is 1. The lowest BCUT2D eigenvalue weighted by molar-refractivity contribution is 0.832. The summed E-state index contributed by atoms with van der Waals surface area (Å²) in [6.07, 6.45) is 10.1. The minimum atomic E-state index is 0.577. The Labute approximate surface area is 110 Å². The molecule has 0 radical (unpaired) electrons. The van der Waals surface area contributed by atoms with E-state index in [1.54, 1.807) is 0 Å². The second kappa shape index (κ2) is 6.87. The predicted octanol–water partition coefficient (Wildman–Crippen LogP) is 3.40. The van der Waals surface area contributed by atoms with Crippen molar-refractivity contribution >= 4 is 39.4 Å². The molecule has 0 saturated heterocycles. The first-order chi connectivity index (χ1) is 7.67. The highest BCUT2D eigenvalue weighted by Crippen LogP contribution is 2.10. The lowest BCUT2D eigenvalue weighted by atomic mass is 10.2. The fourth-order valence-corrected chi connectivity index (χ4v) is 2.76. The van der Waals surface area contributed by atoms with Gasteiger partial charge in [0.15, 0.2) is 0 Å². The molecule has 1 aromatic rings. The summed E-state index contributed by atoms with van der Waals surface area (Å²) >= 11 is 5.41. The molecule has 16 heavy (non-hydrogen) atoms. The fourth-order valence-electron chi connectivity index (χ4n) is 1.43. The third-order valence-corrected chi connectivity index (χ3v) is 3.83. The molecule has 0 N–H and O–H groups in total. The van der Waals surface area contributed by atoms with Crippen molar-refractivity contribution < 1.29 is 0 Å². The molecule has 0 aromatic carbocycles. The van der Waals surface area contributed by atoms with Crippen molar-refractivity contribution in [3.05, 3.63) is 46.0 Å². The van der Waals surface area contributed by atoms with Crippen LogP contribution >= 0.6 is 27.3 Å². The topological polar surface area (TPSA) is 0 Å². The number of halogens is 1. The summed E-state index contributed by atoms with van der Waals surface area (Å²) in [4.78, 5) is 2.00. The van der Waals surface area contributed by atoms with Crippen LogP contribution in [0.3, 0.4) is 0 Å². The number of thiophene rings is 1. The Kier molecular flexibility index (Phi) is 5.78. The average molecular weight is 297 g/mol. The fraction of sp³-hybridized carbons (Fsp3) is 0.286. The maximum absolute atomic E-state index is 3.74. The normalized spacial score (nSPS) is 15.1. The van der Waals surface area contributed by atoms with Crippen molar-refractivity contribution in [2.75, 3.05) is 0 Å². The average Bonchev–Trinajstić information content (AvgIpc) is 2.59. The molecule has 1 heterocycles. The Balaban J connectivity index is 3.02. The summed E-state index contributed by atoms with van der Waals surface area (Å²) in [5.41, 5.74) is 0. The zero-order valence-corrected chi connectivity index (χ0v) is 12.0. The van der Waals surface area contributed by atoms with Gasteiger partial charge in [0.05, 0.1) is 0 Å². The van der Waals surface area contributed by atoms with Crippen molar-refractivity contribution in [1.29, 1.82) is 0 Å². The van der Waals surface area contributed by atoms with Gasteiger partial charge in [0.1, 0.15) is 0 Å². The van der Waals surface area contributed by atoms with Crippen LogP contribution in [0, 0.1) is 0 Å². The van der Waals surface area contributed by atoms with Crippen molar-refractivity contribution in [1.82, 2.24) is 0 Å². The summed E-state index contributed by atoms with van der Waals surface area (Å²) in [5.74, 6) is 0. The minimum Gasteiger partial charge on any atom is -0.140 e. The lowest BCUT2D eigenvalue weighted by Gasteiger charge is -1.98. The van der Waals surface area contributed by atoms with Gasteiger partial charge in [-0.15, -0.1) is 11.3 Å². The van der Waals surface area contributed by atoms with Gasteiger partial charge >= 0.3 is 0 Å². The van der Waals surface area contributed by atoms with Gasteiger partial charge in [-0.05, 0) is 30.2 Å². The maximum Gasteiger partial charge on any atom is 0.0345 e. The SMILES string of the molecule is C=C/C=c1/cc(CCC(C)Br)s/c1=C/C=C. The van der Waals surface area contributed by atoms with E-state index in [2.05, 4.69) is 48.2 Å². The van der Waals surface area contributed by atoms with Crippen LogP contribution in [0.25, 0.3) is 12.2 Å². The quantitative estimate of drug-likeness (QED) is 0.731. The molecule has 0 spiro atoms. The van der Waals surface area contributed by atoms with Gasteiger partial charge in [-0.25, -0.2) is 0 Å². The first-order valence-corrected chi connectivity index (χ1v) is 7.09. The summed E-state index contributed by atoms with van der Waals surface area (Å²) in [6.45, 7) is 9.67. The van der Waals surface area contributed by atoms with E-state index in [-0.39, 0.29) is 0 Å². The van der Waals surface area contributed by atoms with Gasteiger partial charge in [-0.3, -0.25) is 0 Å². The molecule has 0 fully saturated rings. The Hall–Kier alpha value is -0.600. The van der Waals surface area contributed by atoms with Crippen molar-refractivity contribution in [3.63, 3.8) is 0 Å². The molecule has 0 aliphatic heterocycles.